The molecule has 1 aromatic heterocycles. The highest BCUT2D eigenvalue weighted by Gasteiger charge is 2.06. The van der Waals surface area contributed by atoms with E-state index in [1.165, 1.54) is 10.8 Å². The highest BCUT2D eigenvalue weighted by molar-refractivity contribution is 5.83. The first-order chi connectivity index (χ1) is 11.8. The minimum absolute atomic E-state index is 0.135. The maximum absolute atomic E-state index is 9.25. The van der Waals surface area contributed by atoms with Gasteiger partial charge in [-0.05, 0) is 34.5 Å². The van der Waals surface area contributed by atoms with Crippen LogP contribution in [-0.2, 0) is 6.54 Å². The summed E-state index contributed by atoms with van der Waals surface area (Å²) < 4.78 is 5.89. The number of fused-ring (bicyclic) bond motifs is 1. The monoisotopic (exact) mass is 322 g/mol. The lowest BCUT2D eigenvalue weighted by atomic mass is 10.1. The third-order valence-electron chi connectivity index (χ3n) is 3.94. The zero-order chi connectivity index (χ0) is 16.6. The minimum Gasteiger partial charge on any atom is -0.492 e. The lowest BCUT2D eigenvalue weighted by Gasteiger charge is -2.21. The molecular formula is C20H22N2O2. The van der Waals surface area contributed by atoms with Gasteiger partial charge in [-0.2, -0.15) is 0 Å². The van der Waals surface area contributed by atoms with Crippen molar-refractivity contribution in [3.05, 3.63) is 72.6 Å². The topological polar surface area (TPSA) is 45.6 Å². The Morgan fingerprint density at radius 2 is 1.83 bits per heavy atom. The molecular weight excluding hydrogens is 300 g/mol. The van der Waals surface area contributed by atoms with Gasteiger partial charge in [-0.3, -0.25) is 9.88 Å². The zero-order valence-corrected chi connectivity index (χ0v) is 13.6. The molecule has 0 atom stereocenters. The highest BCUT2D eigenvalue weighted by atomic mass is 16.5. The molecule has 0 saturated heterocycles. The summed E-state index contributed by atoms with van der Waals surface area (Å²) in [6, 6.07) is 18.4. The average molecular weight is 322 g/mol. The number of benzene rings is 2. The van der Waals surface area contributed by atoms with Gasteiger partial charge in [0.1, 0.15) is 12.4 Å². The van der Waals surface area contributed by atoms with E-state index in [1.54, 1.807) is 6.20 Å². The molecule has 0 bridgehead atoms. The Bertz CT molecular complexity index is 762. The molecule has 0 amide bonds. The number of aliphatic hydroxyl groups excluding tert-OH is 1. The van der Waals surface area contributed by atoms with Crippen LogP contribution in [0.2, 0.25) is 0 Å². The van der Waals surface area contributed by atoms with Gasteiger partial charge in [-0.25, -0.2) is 0 Å². The second-order valence-electron chi connectivity index (χ2n) is 5.72. The lowest BCUT2D eigenvalue weighted by Crippen LogP contribution is -2.30. The van der Waals surface area contributed by atoms with Crippen LogP contribution in [0, 0.1) is 0 Å². The molecule has 3 rings (SSSR count). The van der Waals surface area contributed by atoms with Gasteiger partial charge in [0.25, 0.3) is 0 Å². The van der Waals surface area contributed by atoms with Gasteiger partial charge in [0.2, 0.25) is 0 Å². The zero-order valence-electron chi connectivity index (χ0n) is 13.6. The molecule has 0 spiro atoms. The Hall–Kier alpha value is -2.43. The quantitative estimate of drug-likeness (QED) is 0.692. The summed E-state index contributed by atoms with van der Waals surface area (Å²) in [7, 11) is 0. The van der Waals surface area contributed by atoms with Gasteiger partial charge in [0, 0.05) is 32.0 Å². The molecule has 2 aromatic carbocycles. The number of pyridine rings is 1. The standard InChI is InChI=1S/C20H22N2O2/c23-12-10-22(16-17-4-3-9-21-15-17)11-13-24-20-8-7-18-5-1-2-6-19(18)14-20/h1-9,14-15,23H,10-13,16H2. The predicted molar refractivity (Wildman–Crippen MR) is 96.0 cm³/mol. The summed E-state index contributed by atoms with van der Waals surface area (Å²) in [6.45, 7) is 2.85. The Morgan fingerprint density at radius 1 is 0.958 bits per heavy atom. The molecule has 3 aromatic rings. The fraction of sp³-hybridized carbons (Fsp3) is 0.250. The van der Waals surface area contributed by atoms with E-state index in [4.69, 9.17) is 4.74 Å². The average Bonchev–Trinajstić information content (AvgIpc) is 2.63. The smallest absolute Gasteiger partial charge is 0.120 e. The lowest BCUT2D eigenvalue weighted by molar-refractivity contribution is 0.163. The van der Waals surface area contributed by atoms with Crippen molar-refractivity contribution >= 4 is 10.8 Å². The first-order valence-corrected chi connectivity index (χ1v) is 8.19. The fourth-order valence-corrected chi connectivity index (χ4v) is 2.71. The van der Waals surface area contributed by atoms with Gasteiger partial charge < -0.3 is 9.84 Å². The van der Waals surface area contributed by atoms with E-state index in [-0.39, 0.29) is 6.61 Å². The summed E-state index contributed by atoms with van der Waals surface area (Å²) in [5, 5.41) is 11.6. The van der Waals surface area contributed by atoms with E-state index in [1.807, 2.05) is 36.5 Å². The van der Waals surface area contributed by atoms with Crippen molar-refractivity contribution in [2.75, 3.05) is 26.3 Å². The summed E-state index contributed by atoms with van der Waals surface area (Å²) >= 11 is 0. The molecule has 0 aliphatic rings. The van der Waals surface area contributed by atoms with Gasteiger partial charge in [0.05, 0.1) is 6.61 Å². The van der Waals surface area contributed by atoms with E-state index >= 15 is 0 Å². The van der Waals surface area contributed by atoms with E-state index < -0.39 is 0 Å². The van der Waals surface area contributed by atoms with Crippen LogP contribution in [0.1, 0.15) is 5.56 Å². The molecule has 4 nitrogen and oxygen atoms in total. The molecule has 0 aliphatic heterocycles. The van der Waals surface area contributed by atoms with Crippen molar-refractivity contribution in [3.8, 4) is 5.75 Å². The van der Waals surface area contributed by atoms with E-state index in [0.717, 1.165) is 24.4 Å². The highest BCUT2D eigenvalue weighted by Crippen LogP contribution is 2.20. The summed E-state index contributed by atoms with van der Waals surface area (Å²) in [4.78, 5) is 6.30. The normalized spacial score (nSPS) is 11.1. The second-order valence-corrected chi connectivity index (χ2v) is 5.72. The first-order valence-electron chi connectivity index (χ1n) is 8.19. The molecule has 1 N–H and O–H groups in total. The Labute approximate surface area is 142 Å². The SMILES string of the molecule is OCCN(CCOc1ccc2ccccc2c1)Cc1cccnc1. The van der Waals surface area contributed by atoms with E-state index in [9.17, 15) is 5.11 Å². The Balaban J connectivity index is 1.55. The maximum Gasteiger partial charge on any atom is 0.120 e. The Morgan fingerprint density at radius 3 is 2.62 bits per heavy atom. The molecule has 0 aliphatic carbocycles. The number of ether oxygens (including phenoxy) is 1. The maximum atomic E-state index is 9.25. The summed E-state index contributed by atoms with van der Waals surface area (Å²) in [6.07, 6.45) is 3.62. The number of rotatable bonds is 8. The number of aliphatic hydroxyl groups is 1. The van der Waals surface area contributed by atoms with Crippen LogP contribution in [-0.4, -0.2) is 41.3 Å². The first kappa shape index (κ1) is 16.4. The second kappa shape index (κ2) is 8.43. The van der Waals surface area contributed by atoms with Crippen molar-refractivity contribution in [2.45, 2.75) is 6.54 Å². The van der Waals surface area contributed by atoms with Gasteiger partial charge in [0.15, 0.2) is 0 Å². The predicted octanol–water partition coefficient (Wildman–Crippen LogP) is 3.11. The molecule has 124 valence electrons. The van der Waals surface area contributed by atoms with Gasteiger partial charge in [-0.15, -0.1) is 0 Å². The van der Waals surface area contributed by atoms with Gasteiger partial charge in [-0.1, -0.05) is 36.4 Å². The van der Waals surface area contributed by atoms with Crippen LogP contribution >= 0.6 is 0 Å². The number of hydrogen-bond donors (Lipinski definition) is 1. The number of aromatic nitrogens is 1. The molecule has 1 heterocycles. The van der Waals surface area contributed by atoms with E-state index in [0.29, 0.717) is 13.2 Å². The van der Waals surface area contributed by atoms with Crippen LogP contribution in [0.25, 0.3) is 10.8 Å². The summed E-state index contributed by atoms with van der Waals surface area (Å²) in [5.41, 5.74) is 1.14. The van der Waals surface area contributed by atoms with Crippen LogP contribution in [0.4, 0.5) is 0 Å². The van der Waals surface area contributed by atoms with Crippen molar-refractivity contribution < 1.29 is 9.84 Å². The van der Waals surface area contributed by atoms with Crippen LogP contribution < -0.4 is 4.74 Å². The molecule has 0 saturated carbocycles. The molecule has 0 fully saturated rings. The fourth-order valence-electron chi connectivity index (χ4n) is 2.71. The van der Waals surface area contributed by atoms with Crippen LogP contribution in [0.15, 0.2) is 67.0 Å². The molecule has 24 heavy (non-hydrogen) atoms. The molecule has 0 unspecified atom stereocenters. The van der Waals surface area contributed by atoms with Crippen LogP contribution in [0.3, 0.4) is 0 Å². The van der Waals surface area contributed by atoms with Crippen molar-refractivity contribution in [1.82, 2.24) is 9.88 Å². The summed E-state index contributed by atoms with van der Waals surface area (Å²) in [5.74, 6) is 0.874. The Kier molecular flexibility index (Phi) is 5.77. The van der Waals surface area contributed by atoms with Crippen molar-refractivity contribution in [3.63, 3.8) is 0 Å². The minimum atomic E-state index is 0.135. The number of nitrogens with zero attached hydrogens (tertiary/aromatic N) is 2. The molecule has 4 heteroatoms. The van der Waals surface area contributed by atoms with Gasteiger partial charge >= 0.3 is 0 Å². The van der Waals surface area contributed by atoms with Crippen molar-refractivity contribution in [2.24, 2.45) is 0 Å². The third kappa shape index (κ3) is 4.54. The van der Waals surface area contributed by atoms with Crippen molar-refractivity contribution in [1.29, 1.82) is 0 Å². The third-order valence-corrected chi connectivity index (χ3v) is 3.94. The largest absolute Gasteiger partial charge is 0.492 e. The number of hydrogen-bond acceptors (Lipinski definition) is 4. The molecule has 0 radical (unpaired) electrons. The van der Waals surface area contributed by atoms with Crippen LogP contribution in [0.5, 0.6) is 5.75 Å². The van der Waals surface area contributed by atoms with E-state index in [2.05, 4.69) is 34.1 Å².